The fourth-order valence-electron chi connectivity index (χ4n) is 3.30. The number of fused-ring (bicyclic) bond motifs is 1. The monoisotopic (exact) mass is 324 g/mol. The number of imidazole rings is 1. The number of aromatic nitrogens is 3. The van der Waals surface area contributed by atoms with E-state index in [-0.39, 0.29) is 5.91 Å². The molecule has 24 heavy (non-hydrogen) atoms. The first-order chi connectivity index (χ1) is 11.6. The van der Waals surface area contributed by atoms with Gasteiger partial charge in [0, 0.05) is 18.8 Å². The minimum atomic E-state index is 0.0620. The summed E-state index contributed by atoms with van der Waals surface area (Å²) in [6.07, 6.45) is 0. The normalized spacial score (nSPS) is 15.2. The van der Waals surface area contributed by atoms with Gasteiger partial charge in [-0.2, -0.15) is 0 Å². The van der Waals surface area contributed by atoms with Crippen LogP contribution >= 0.6 is 0 Å². The van der Waals surface area contributed by atoms with E-state index in [1.165, 1.54) is 0 Å². The maximum absolute atomic E-state index is 12.9. The molecular formula is C18H20N4O2. The van der Waals surface area contributed by atoms with E-state index in [4.69, 9.17) is 4.74 Å². The highest BCUT2D eigenvalue weighted by atomic mass is 16.5. The summed E-state index contributed by atoms with van der Waals surface area (Å²) < 4.78 is 5.34. The van der Waals surface area contributed by atoms with Crippen LogP contribution in [0.2, 0.25) is 0 Å². The van der Waals surface area contributed by atoms with Gasteiger partial charge in [0.05, 0.1) is 35.5 Å². The Morgan fingerprint density at radius 3 is 2.67 bits per heavy atom. The summed E-state index contributed by atoms with van der Waals surface area (Å²) in [5.74, 6) is 0.824. The SMILES string of the molecule is Cc1[nH]c(-c2nc3ccccc3[nH]2)c(C)c1C(=O)N1CCOCC1. The van der Waals surface area contributed by atoms with E-state index in [9.17, 15) is 4.79 Å². The van der Waals surface area contributed by atoms with Crippen LogP contribution in [0.5, 0.6) is 0 Å². The molecule has 1 aromatic carbocycles. The van der Waals surface area contributed by atoms with Crippen molar-refractivity contribution >= 4 is 16.9 Å². The lowest BCUT2D eigenvalue weighted by Gasteiger charge is -2.27. The Kier molecular flexibility index (Phi) is 3.61. The van der Waals surface area contributed by atoms with Crippen molar-refractivity contribution in [3.63, 3.8) is 0 Å². The van der Waals surface area contributed by atoms with Crippen LogP contribution < -0.4 is 0 Å². The molecule has 2 aromatic heterocycles. The molecule has 0 aliphatic carbocycles. The molecule has 1 saturated heterocycles. The zero-order valence-corrected chi connectivity index (χ0v) is 13.8. The topological polar surface area (TPSA) is 74.0 Å². The van der Waals surface area contributed by atoms with Crippen molar-refractivity contribution in [2.24, 2.45) is 0 Å². The molecule has 0 unspecified atom stereocenters. The minimum absolute atomic E-state index is 0.0620. The predicted molar refractivity (Wildman–Crippen MR) is 92.1 cm³/mol. The summed E-state index contributed by atoms with van der Waals surface area (Å²) in [7, 11) is 0. The van der Waals surface area contributed by atoms with E-state index >= 15 is 0 Å². The standard InChI is InChI=1S/C18H20N4O2/c1-11-15(18(23)22-7-9-24-10-8-22)12(2)19-16(11)17-20-13-5-3-4-6-14(13)21-17/h3-6,19H,7-10H2,1-2H3,(H,20,21). The van der Waals surface area contributed by atoms with E-state index in [0.717, 1.165) is 39.4 Å². The molecule has 0 radical (unpaired) electrons. The molecule has 1 fully saturated rings. The van der Waals surface area contributed by atoms with Gasteiger partial charge in [0.1, 0.15) is 0 Å². The van der Waals surface area contributed by atoms with E-state index < -0.39 is 0 Å². The highest BCUT2D eigenvalue weighted by molar-refractivity contribution is 5.99. The highest BCUT2D eigenvalue weighted by Gasteiger charge is 2.25. The van der Waals surface area contributed by atoms with Gasteiger partial charge in [-0.05, 0) is 31.5 Å². The lowest BCUT2D eigenvalue weighted by atomic mass is 10.1. The van der Waals surface area contributed by atoms with Gasteiger partial charge in [0.15, 0.2) is 5.82 Å². The van der Waals surface area contributed by atoms with Gasteiger partial charge in [-0.1, -0.05) is 12.1 Å². The lowest BCUT2D eigenvalue weighted by Crippen LogP contribution is -2.41. The van der Waals surface area contributed by atoms with E-state index in [1.54, 1.807) is 0 Å². The van der Waals surface area contributed by atoms with Crippen molar-refractivity contribution in [2.45, 2.75) is 13.8 Å². The average Bonchev–Trinajstić information content (AvgIpc) is 3.15. The molecular weight excluding hydrogens is 304 g/mol. The number of amides is 1. The number of H-pyrrole nitrogens is 2. The number of ether oxygens (including phenoxy) is 1. The summed E-state index contributed by atoms with van der Waals surface area (Å²) in [6.45, 7) is 6.40. The van der Waals surface area contributed by atoms with Crippen LogP contribution in [0.15, 0.2) is 24.3 Å². The third-order valence-electron chi connectivity index (χ3n) is 4.58. The van der Waals surface area contributed by atoms with Gasteiger partial charge in [0.25, 0.3) is 5.91 Å². The van der Waals surface area contributed by atoms with Crippen LogP contribution in [-0.2, 0) is 4.74 Å². The Morgan fingerprint density at radius 1 is 1.17 bits per heavy atom. The molecule has 1 aliphatic rings. The highest BCUT2D eigenvalue weighted by Crippen LogP contribution is 2.28. The number of carbonyl (C=O) groups is 1. The second kappa shape index (κ2) is 5.79. The first-order valence-corrected chi connectivity index (χ1v) is 8.16. The van der Waals surface area contributed by atoms with E-state index in [1.807, 2.05) is 43.0 Å². The molecule has 3 aromatic rings. The molecule has 124 valence electrons. The summed E-state index contributed by atoms with van der Waals surface area (Å²) >= 11 is 0. The minimum Gasteiger partial charge on any atom is -0.378 e. The molecule has 0 saturated carbocycles. The smallest absolute Gasteiger partial charge is 0.256 e. The number of carbonyl (C=O) groups excluding carboxylic acids is 1. The van der Waals surface area contributed by atoms with Crippen molar-refractivity contribution in [1.29, 1.82) is 0 Å². The fraction of sp³-hybridized carbons (Fsp3) is 0.333. The second-order valence-electron chi connectivity index (χ2n) is 6.13. The maximum atomic E-state index is 12.9. The third-order valence-corrected chi connectivity index (χ3v) is 4.58. The maximum Gasteiger partial charge on any atom is 0.256 e. The van der Waals surface area contributed by atoms with Crippen LogP contribution in [0.3, 0.4) is 0 Å². The molecule has 2 N–H and O–H groups in total. The van der Waals surface area contributed by atoms with E-state index in [0.29, 0.717) is 26.3 Å². The largest absolute Gasteiger partial charge is 0.378 e. The Labute approximate surface area is 139 Å². The molecule has 0 bridgehead atoms. The molecule has 0 spiro atoms. The van der Waals surface area contributed by atoms with Gasteiger partial charge in [0.2, 0.25) is 0 Å². The zero-order chi connectivity index (χ0) is 16.7. The molecule has 6 nitrogen and oxygen atoms in total. The number of aromatic amines is 2. The van der Waals surface area contributed by atoms with Crippen LogP contribution in [-0.4, -0.2) is 52.1 Å². The average molecular weight is 324 g/mol. The second-order valence-corrected chi connectivity index (χ2v) is 6.13. The van der Waals surface area contributed by atoms with Crippen LogP contribution in [0.4, 0.5) is 0 Å². The summed E-state index contributed by atoms with van der Waals surface area (Å²) in [5, 5.41) is 0. The molecule has 0 atom stereocenters. The number of hydrogen-bond donors (Lipinski definition) is 2. The number of rotatable bonds is 2. The Morgan fingerprint density at radius 2 is 1.92 bits per heavy atom. The number of aryl methyl sites for hydroxylation is 1. The van der Waals surface area contributed by atoms with Crippen molar-refractivity contribution in [1.82, 2.24) is 19.9 Å². The van der Waals surface area contributed by atoms with Crippen molar-refractivity contribution < 1.29 is 9.53 Å². The first kappa shape index (κ1) is 15.0. The predicted octanol–water partition coefficient (Wildman–Crippen LogP) is 2.65. The summed E-state index contributed by atoms with van der Waals surface area (Å²) in [4.78, 5) is 26.0. The first-order valence-electron chi connectivity index (χ1n) is 8.16. The van der Waals surface area contributed by atoms with Gasteiger partial charge < -0.3 is 19.6 Å². The zero-order valence-electron chi connectivity index (χ0n) is 13.8. The van der Waals surface area contributed by atoms with Crippen LogP contribution in [0, 0.1) is 13.8 Å². The third kappa shape index (κ3) is 2.39. The molecule has 4 rings (SSSR count). The quantitative estimate of drug-likeness (QED) is 0.761. The summed E-state index contributed by atoms with van der Waals surface area (Å²) in [6, 6.07) is 7.91. The number of para-hydroxylation sites is 2. The number of morpholine rings is 1. The number of hydrogen-bond acceptors (Lipinski definition) is 3. The molecule has 6 heteroatoms. The Bertz CT molecular complexity index is 870. The lowest BCUT2D eigenvalue weighted by molar-refractivity contribution is 0.0302. The molecule has 3 heterocycles. The van der Waals surface area contributed by atoms with Crippen LogP contribution in [0.1, 0.15) is 21.6 Å². The summed E-state index contributed by atoms with van der Waals surface area (Å²) in [5.41, 5.74) is 5.33. The fourth-order valence-corrected chi connectivity index (χ4v) is 3.30. The van der Waals surface area contributed by atoms with Crippen molar-refractivity contribution in [2.75, 3.05) is 26.3 Å². The van der Waals surface area contributed by atoms with Gasteiger partial charge in [-0.25, -0.2) is 4.98 Å². The van der Waals surface area contributed by atoms with Crippen molar-refractivity contribution in [3.8, 4) is 11.5 Å². The van der Waals surface area contributed by atoms with Crippen LogP contribution in [0.25, 0.3) is 22.6 Å². The molecule has 1 aliphatic heterocycles. The van der Waals surface area contributed by atoms with Crippen molar-refractivity contribution in [3.05, 3.63) is 41.1 Å². The number of nitrogens with zero attached hydrogens (tertiary/aromatic N) is 2. The Balaban J connectivity index is 1.74. The van der Waals surface area contributed by atoms with Gasteiger partial charge in [-0.15, -0.1) is 0 Å². The van der Waals surface area contributed by atoms with Gasteiger partial charge >= 0.3 is 0 Å². The number of nitrogens with one attached hydrogen (secondary N) is 2. The Hall–Kier alpha value is -2.60. The molecule has 1 amide bonds. The van der Waals surface area contributed by atoms with Gasteiger partial charge in [-0.3, -0.25) is 4.79 Å². The van der Waals surface area contributed by atoms with E-state index in [2.05, 4.69) is 15.0 Å². The number of benzene rings is 1.